The Labute approximate surface area is 109 Å². The van der Waals surface area contributed by atoms with Crippen molar-refractivity contribution in [3.63, 3.8) is 0 Å². The summed E-state index contributed by atoms with van der Waals surface area (Å²) in [4.78, 5) is 10.8. The van der Waals surface area contributed by atoms with Gasteiger partial charge in [-0.05, 0) is 23.6 Å². The maximum absolute atomic E-state index is 10.8. The first-order valence-electron chi connectivity index (χ1n) is 6.28. The van der Waals surface area contributed by atoms with E-state index in [9.17, 15) is 4.79 Å². The molecule has 1 aromatic carbocycles. The van der Waals surface area contributed by atoms with Crippen molar-refractivity contribution in [3.05, 3.63) is 29.8 Å². The summed E-state index contributed by atoms with van der Waals surface area (Å²) in [5.41, 5.74) is 1.08. The summed E-state index contributed by atoms with van der Waals surface area (Å²) >= 11 is 0. The van der Waals surface area contributed by atoms with E-state index in [0.717, 1.165) is 17.6 Å². The highest BCUT2D eigenvalue weighted by Crippen LogP contribution is 2.18. The molecule has 0 spiro atoms. The Morgan fingerprint density at radius 1 is 1.17 bits per heavy atom. The van der Waals surface area contributed by atoms with Gasteiger partial charge >= 0.3 is 0 Å². The first-order chi connectivity index (χ1) is 8.58. The molecule has 3 heteroatoms. The summed E-state index contributed by atoms with van der Waals surface area (Å²) in [6, 6.07) is 7.77. The average molecular weight is 250 g/mol. The second-order valence-electron chi connectivity index (χ2n) is 4.86. The molecule has 100 valence electrons. The zero-order valence-corrected chi connectivity index (χ0v) is 11.6. The third-order valence-electron chi connectivity index (χ3n) is 2.99. The predicted octanol–water partition coefficient (Wildman–Crippen LogP) is 3.07. The number of hydrogen-bond acceptors (Lipinski definition) is 3. The van der Waals surface area contributed by atoms with Crippen molar-refractivity contribution in [3.8, 4) is 5.75 Å². The third-order valence-corrected chi connectivity index (χ3v) is 2.99. The van der Waals surface area contributed by atoms with Gasteiger partial charge in [0, 0.05) is 5.92 Å². The maximum atomic E-state index is 10.8. The van der Waals surface area contributed by atoms with Crippen LogP contribution in [0.15, 0.2) is 24.3 Å². The molecule has 1 aromatic rings. The van der Waals surface area contributed by atoms with Crippen molar-refractivity contribution in [1.82, 2.24) is 0 Å². The van der Waals surface area contributed by atoms with Crippen LogP contribution in [0, 0.1) is 11.8 Å². The number of carbonyl (C=O) groups excluding carboxylic acids is 1. The van der Waals surface area contributed by atoms with Gasteiger partial charge < -0.3 is 14.3 Å². The summed E-state index contributed by atoms with van der Waals surface area (Å²) < 4.78 is 10.9. The fourth-order valence-corrected chi connectivity index (χ4v) is 1.94. The summed E-state index contributed by atoms with van der Waals surface area (Å²) in [5, 5.41) is 0. The van der Waals surface area contributed by atoms with Gasteiger partial charge in [0.2, 0.25) is 0 Å². The van der Waals surface area contributed by atoms with Crippen LogP contribution >= 0.6 is 0 Å². The van der Waals surface area contributed by atoms with Gasteiger partial charge in [-0.25, -0.2) is 0 Å². The predicted molar refractivity (Wildman–Crippen MR) is 71.6 cm³/mol. The van der Waals surface area contributed by atoms with E-state index in [-0.39, 0.29) is 12.0 Å². The Morgan fingerprint density at radius 2 is 1.78 bits per heavy atom. The molecule has 0 fully saturated rings. The molecule has 1 rings (SSSR count). The lowest BCUT2D eigenvalue weighted by molar-refractivity contribution is -0.117. The van der Waals surface area contributed by atoms with Gasteiger partial charge in [-0.2, -0.15) is 0 Å². The van der Waals surface area contributed by atoms with Crippen molar-refractivity contribution in [2.45, 2.75) is 33.5 Å². The molecular weight excluding hydrogens is 228 g/mol. The van der Waals surface area contributed by atoms with Crippen LogP contribution in [0.25, 0.3) is 0 Å². The number of carbonyl (C=O) groups is 1. The van der Waals surface area contributed by atoms with Gasteiger partial charge in [0.1, 0.15) is 12.0 Å². The van der Waals surface area contributed by atoms with E-state index < -0.39 is 0 Å². The largest absolute Gasteiger partial charge is 0.497 e. The van der Waals surface area contributed by atoms with Crippen LogP contribution in [0.3, 0.4) is 0 Å². The van der Waals surface area contributed by atoms with E-state index in [4.69, 9.17) is 9.47 Å². The van der Waals surface area contributed by atoms with E-state index in [1.165, 1.54) is 0 Å². The lowest BCUT2D eigenvalue weighted by Gasteiger charge is -2.24. The molecule has 0 radical (unpaired) electrons. The van der Waals surface area contributed by atoms with E-state index in [1.807, 2.05) is 31.2 Å². The minimum absolute atomic E-state index is 0.0374. The van der Waals surface area contributed by atoms with Crippen molar-refractivity contribution in [1.29, 1.82) is 0 Å². The van der Waals surface area contributed by atoms with Crippen LogP contribution in [0.4, 0.5) is 0 Å². The highest BCUT2D eigenvalue weighted by atomic mass is 16.5. The Hall–Kier alpha value is -1.35. The molecular formula is C15H22O3. The maximum Gasteiger partial charge on any atom is 0.125 e. The van der Waals surface area contributed by atoms with Crippen LogP contribution < -0.4 is 4.74 Å². The summed E-state index contributed by atoms with van der Waals surface area (Å²) in [6.07, 6.45) is 0.920. The number of benzene rings is 1. The minimum Gasteiger partial charge on any atom is -0.497 e. The van der Waals surface area contributed by atoms with E-state index in [2.05, 4.69) is 13.8 Å². The monoisotopic (exact) mass is 250 g/mol. The summed E-state index contributed by atoms with van der Waals surface area (Å²) in [6.45, 7) is 6.55. The molecule has 2 atom stereocenters. The molecule has 0 aromatic heterocycles. The zero-order valence-electron chi connectivity index (χ0n) is 11.6. The molecule has 0 N–H and O–H groups in total. The molecule has 0 aliphatic rings. The molecule has 0 heterocycles. The zero-order chi connectivity index (χ0) is 13.5. The van der Waals surface area contributed by atoms with Crippen LogP contribution in [0.2, 0.25) is 0 Å². The molecule has 0 saturated heterocycles. The van der Waals surface area contributed by atoms with E-state index in [0.29, 0.717) is 12.5 Å². The Bertz CT molecular complexity index is 357. The van der Waals surface area contributed by atoms with Gasteiger partial charge in [0.05, 0.1) is 19.8 Å². The van der Waals surface area contributed by atoms with Crippen molar-refractivity contribution in [2.24, 2.45) is 11.8 Å². The van der Waals surface area contributed by atoms with Crippen LogP contribution in [-0.2, 0) is 16.1 Å². The van der Waals surface area contributed by atoms with Gasteiger partial charge in [0.15, 0.2) is 0 Å². The molecule has 0 aliphatic carbocycles. The topological polar surface area (TPSA) is 35.5 Å². The molecule has 0 amide bonds. The molecule has 0 bridgehead atoms. The van der Waals surface area contributed by atoms with Gasteiger partial charge in [-0.3, -0.25) is 0 Å². The second-order valence-corrected chi connectivity index (χ2v) is 4.86. The molecule has 0 aliphatic heterocycles. The van der Waals surface area contributed by atoms with E-state index in [1.54, 1.807) is 7.11 Å². The first kappa shape index (κ1) is 14.7. The Morgan fingerprint density at radius 3 is 2.22 bits per heavy atom. The molecule has 3 nitrogen and oxygen atoms in total. The van der Waals surface area contributed by atoms with Crippen molar-refractivity contribution in [2.75, 3.05) is 7.11 Å². The Balaban J connectivity index is 2.58. The number of hydrogen-bond donors (Lipinski definition) is 0. The van der Waals surface area contributed by atoms with Gasteiger partial charge in [0.25, 0.3) is 0 Å². The molecule has 18 heavy (non-hydrogen) atoms. The van der Waals surface area contributed by atoms with Crippen molar-refractivity contribution >= 4 is 6.29 Å². The molecule has 0 unspecified atom stereocenters. The second kappa shape index (κ2) is 7.17. The summed E-state index contributed by atoms with van der Waals surface area (Å²) in [5.74, 6) is 1.08. The number of methoxy groups -OCH3 is 1. The van der Waals surface area contributed by atoms with Gasteiger partial charge in [-0.1, -0.05) is 32.9 Å². The van der Waals surface area contributed by atoms with Crippen LogP contribution in [0.1, 0.15) is 26.3 Å². The highest BCUT2D eigenvalue weighted by Gasteiger charge is 2.21. The lowest BCUT2D eigenvalue weighted by Crippen LogP contribution is -2.28. The normalized spacial score (nSPS) is 14.3. The Kier molecular flexibility index (Phi) is 5.86. The highest BCUT2D eigenvalue weighted by molar-refractivity contribution is 5.53. The molecule has 0 saturated carbocycles. The van der Waals surface area contributed by atoms with Crippen molar-refractivity contribution < 1.29 is 14.3 Å². The van der Waals surface area contributed by atoms with Crippen LogP contribution in [0.5, 0.6) is 5.75 Å². The van der Waals surface area contributed by atoms with Crippen LogP contribution in [-0.4, -0.2) is 19.5 Å². The number of rotatable bonds is 7. The number of aldehydes is 1. The lowest BCUT2D eigenvalue weighted by atomic mass is 9.96. The van der Waals surface area contributed by atoms with E-state index >= 15 is 0 Å². The van der Waals surface area contributed by atoms with Gasteiger partial charge in [-0.15, -0.1) is 0 Å². The smallest absolute Gasteiger partial charge is 0.125 e. The third kappa shape index (κ3) is 4.15. The standard InChI is InChI=1S/C15H22O3/c1-11(2)15(12(3)9-16)18-10-13-5-7-14(17-4)8-6-13/h5-9,11-12,15H,10H2,1-4H3/t12-,15+/m0/s1. The SMILES string of the molecule is COc1ccc(CO[C@H](C(C)C)[C@@H](C)C=O)cc1. The fraction of sp³-hybridized carbons (Fsp3) is 0.533. The quantitative estimate of drug-likeness (QED) is 0.698. The fourth-order valence-electron chi connectivity index (χ4n) is 1.94. The minimum atomic E-state index is -0.0803. The average Bonchev–Trinajstić information content (AvgIpc) is 2.39. The first-order valence-corrected chi connectivity index (χ1v) is 6.28. The summed E-state index contributed by atoms with van der Waals surface area (Å²) in [7, 11) is 1.64. The number of ether oxygens (including phenoxy) is 2.